The van der Waals surface area contributed by atoms with Crippen LogP contribution in [0.2, 0.25) is 5.02 Å². The summed E-state index contributed by atoms with van der Waals surface area (Å²) in [4.78, 5) is 15.4. The molecular weight excluding hydrogens is 358 g/mol. The van der Waals surface area contributed by atoms with Gasteiger partial charge in [0.2, 0.25) is 0 Å². The number of fused-ring (bicyclic) bond motifs is 1. The van der Waals surface area contributed by atoms with E-state index in [0.717, 1.165) is 17.5 Å². The maximum absolute atomic E-state index is 13.5. The number of carbonyl (C=O) groups excluding carboxylic acids is 1. The lowest BCUT2D eigenvalue weighted by molar-refractivity contribution is 0.0691. The Balaban J connectivity index is 1.81. The normalized spacial score (nSPS) is 15.9. The van der Waals surface area contributed by atoms with E-state index in [0.29, 0.717) is 22.9 Å². The Hall–Kier alpha value is -2.78. The summed E-state index contributed by atoms with van der Waals surface area (Å²) in [5.74, 6) is 0.568. The maximum atomic E-state index is 13.5. The van der Waals surface area contributed by atoms with E-state index in [9.17, 15) is 4.79 Å². The van der Waals surface area contributed by atoms with Crippen LogP contribution in [-0.2, 0) is 6.42 Å². The van der Waals surface area contributed by atoms with Crippen molar-refractivity contribution in [3.8, 4) is 5.75 Å². The minimum Gasteiger partial charge on any atom is -0.496 e. The zero-order valence-corrected chi connectivity index (χ0v) is 15.8. The SMILES string of the molecule is COc1ccccc1C(=O)N1CCc2ccccc2[C@H]1c1ccc(Cl)cc1. The van der Waals surface area contributed by atoms with Crippen LogP contribution in [0.15, 0.2) is 72.8 Å². The molecule has 27 heavy (non-hydrogen) atoms. The first-order valence-electron chi connectivity index (χ1n) is 8.96. The molecule has 0 N–H and O–H groups in total. The summed E-state index contributed by atoms with van der Waals surface area (Å²) < 4.78 is 5.42. The quantitative estimate of drug-likeness (QED) is 0.632. The summed E-state index contributed by atoms with van der Waals surface area (Å²) in [5.41, 5.74) is 4.07. The minimum absolute atomic E-state index is 0.0260. The van der Waals surface area contributed by atoms with E-state index in [4.69, 9.17) is 16.3 Å². The van der Waals surface area contributed by atoms with E-state index >= 15 is 0 Å². The fourth-order valence-electron chi connectivity index (χ4n) is 3.77. The van der Waals surface area contributed by atoms with Crippen molar-refractivity contribution in [3.63, 3.8) is 0 Å². The van der Waals surface area contributed by atoms with E-state index < -0.39 is 0 Å². The summed E-state index contributed by atoms with van der Waals surface area (Å²) >= 11 is 6.09. The highest BCUT2D eigenvalue weighted by Crippen LogP contribution is 2.37. The second kappa shape index (κ2) is 7.45. The van der Waals surface area contributed by atoms with Crippen molar-refractivity contribution < 1.29 is 9.53 Å². The van der Waals surface area contributed by atoms with E-state index in [-0.39, 0.29) is 11.9 Å². The highest BCUT2D eigenvalue weighted by Gasteiger charge is 2.33. The molecule has 0 aromatic heterocycles. The van der Waals surface area contributed by atoms with Crippen LogP contribution in [0.25, 0.3) is 0 Å². The van der Waals surface area contributed by atoms with Crippen LogP contribution < -0.4 is 4.74 Å². The minimum atomic E-state index is -0.148. The topological polar surface area (TPSA) is 29.5 Å². The van der Waals surface area contributed by atoms with E-state index in [1.54, 1.807) is 7.11 Å². The molecule has 1 amide bonds. The van der Waals surface area contributed by atoms with Gasteiger partial charge in [0, 0.05) is 11.6 Å². The van der Waals surface area contributed by atoms with Gasteiger partial charge in [0.1, 0.15) is 5.75 Å². The molecule has 0 saturated heterocycles. The standard InChI is InChI=1S/C23H20ClNO2/c1-27-21-9-5-4-8-20(21)23(26)25-15-14-16-6-2-3-7-19(16)22(25)17-10-12-18(24)13-11-17/h2-13,22H,14-15H2,1H3/t22-/m1/s1. The van der Waals surface area contributed by atoms with Crippen LogP contribution in [0.4, 0.5) is 0 Å². The Labute approximate surface area is 164 Å². The predicted octanol–water partition coefficient (Wildman–Crippen LogP) is 5.14. The van der Waals surface area contributed by atoms with Crippen LogP contribution in [0.3, 0.4) is 0 Å². The molecule has 3 aromatic rings. The lowest BCUT2D eigenvalue weighted by Crippen LogP contribution is -2.40. The van der Waals surface area contributed by atoms with Gasteiger partial charge in [0.15, 0.2) is 0 Å². The van der Waals surface area contributed by atoms with Crippen molar-refractivity contribution in [3.05, 3.63) is 100 Å². The average Bonchev–Trinajstić information content (AvgIpc) is 2.73. The number of ether oxygens (including phenoxy) is 1. The van der Waals surface area contributed by atoms with Crippen LogP contribution in [-0.4, -0.2) is 24.5 Å². The Morgan fingerprint density at radius 2 is 1.70 bits per heavy atom. The van der Waals surface area contributed by atoms with E-state index in [1.807, 2.05) is 59.5 Å². The molecule has 3 aromatic carbocycles. The van der Waals surface area contributed by atoms with Crippen LogP contribution >= 0.6 is 11.6 Å². The summed E-state index contributed by atoms with van der Waals surface area (Å²) in [6, 6.07) is 23.3. The van der Waals surface area contributed by atoms with Gasteiger partial charge in [-0.15, -0.1) is 0 Å². The van der Waals surface area contributed by atoms with Gasteiger partial charge in [-0.05, 0) is 47.4 Å². The van der Waals surface area contributed by atoms with Crippen molar-refractivity contribution >= 4 is 17.5 Å². The zero-order valence-electron chi connectivity index (χ0n) is 15.1. The number of benzene rings is 3. The molecule has 1 atom stereocenters. The Morgan fingerprint density at radius 1 is 1.00 bits per heavy atom. The molecule has 4 heteroatoms. The molecule has 1 aliphatic rings. The van der Waals surface area contributed by atoms with Crippen molar-refractivity contribution in [2.24, 2.45) is 0 Å². The molecule has 1 heterocycles. The monoisotopic (exact) mass is 377 g/mol. The second-order valence-corrected chi connectivity index (χ2v) is 7.04. The zero-order chi connectivity index (χ0) is 18.8. The maximum Gasteiger partial charge on any atom is 0.258 e. The number of rotatable bonds is 3. The molecule has 0 aliphatic carbocycles. The number of hydrogen-bond donors (Lipinski definition) is 0. The fraction of sp³-hybridized carbons (Fsp3) is 0.174. The van der Waals surface area contributed by atoms with Crippen molar-refractivity contribution in [2.45, 2.75) is 12.5 Å². The van der Waals surface area contributed by atoms with Gasteiger partial charge in [-0.3, -0.25) is 4.79 Å². The highest BCUT2D eigenvalue weighted by molar-refractivity contribution is 6.30. The molecular formula is C23H20ClNO2. The first kappa shape index (κ1) is 17.6. The molecule has 0 bridgehead atoms. The van der Waals surface area contributed by atoms with Gasteiger partial charge < -0.3 is 9.64 Å². The molecule has 1 aliphatic heterocycles. The Kier molecular flexibility index (Phi) is 4.87. The second-order valence-electron chi connectivity index (χ2n) is 6.60. The lowest BCUT2D eigenvalue weighted by atomic mass is 9.87. The molecule has 0 radical (unpaired) electrons. The molecule has 0 spiro atoms. The van der Waals surface area contributed by atoms with Gasteiger partial charge in [0.05, 0.1) is 18.7 Å². The van der Waals surface area contributed by atoms with E-state index in [1.165, 1.54) is 5.56 Å². The molecule has 4 rings (SSSR count). The van der Waals surface area contributed by atoms with Crippen molar-refractivity contribution in [1.29, 1.82) is 0 Å². The number of halogens is 1. The first-order chi connectivity index (χ1) is 13.2. The first-order valence-corrected chi connectivity index (χ1v) is 9.34. The average molecular weight is 378 g/mol. The molecule has 0 saturated carbocycles. The summed E-state index contributed by atoms with van der Waals surface area (Å²) in [7, 11) is 1.59. The van der Waals surface area contributed by atoms with Crippen molar-refractivity contribution in [1.82, 2.24) is 4.90 Å². The smallest absolute Gasteiger partial charge is 0.258 e. The highest BCUT2D eigenvalue weighted by atomic mass is 35.5. The Bertz CT molecular complexity index is 968. The number of carbonyl (C=O) groups is 1. The van der Waals surface area contributed by atoms with Gasteiger partial charge >= 0.3 is 0 Å². The van der Waals surface area contributed by atoms with Crippen LogP contribution in [0.1, 0.15) is 33.1 Å². The third kappa shape index (κ3) is 3.31. The van der Waals surface area contributed by atoms with Gasteiger partial charge in [-0.2, -0.15) is 0 Å². The van der Waals surface area contributed by atoms with Gasteiger partial charge in [-0.25, -0.2) is 0 Å². The summed E-state index contributed by atoms with van der Waals surface area (Å²) in [6.45, 7) is 0.654. The third-order valence-electron chi connectivity index (χ3n) is 5.07. The lowest BCUT2D eigenvalue weighted by Gasteiger charge is -2.38. The number of para-hydroxylation sites is 1. The van der Waals surface area contributed by atoms with Crippen LogP contribution in [0.5, 0.6) is 5.75 Å². The van der Waals surface area contributed by atoms with Gasteiger partial charge in [0.25, 0.3) is 5.91 Å². The van der Waals surface area contributed by atoms with Gasteiger partial charge in [-0.1, -0.05) is 60.1 Å². The number of amides is 1. The van der Waals surface area contributed by atoms with E-state index in [2.05, 4.69) is 18.2 Å². The number of nitrogens with zero attached hydrogens (tertiary/aromatic N) is 1. The number of hydrogen-bond acceptors (Lipinski definition) is 2. The molecule has 0 unspecified atom stereocenters. The number of methoxy groups -OCH3 is 1. The predicted molar refractivity (Wildman–Crippen MR) is 107 cm³/mol. The van der Waals surface area contributed by atoms with Crippen LogP contribution in [0, 0.1) is 0 Å². The molecule has 3 nitrogen and oxygen atoms in total. The molecule has 136 valence electrons. The third-order valence-corrected chi connectivity index (χ3v) is 5.32. The summed E-state index contributed by atoms with van der Waals surface area (Å²) in [5, 5.41) is 0.686. The summed E-state index contributed by atoms with van der Waals surface area (Å²) in [6.07, 6.45) is 0.834. The molecule has 0 fully saturated rings. The fourth-order valence-corrected chi connectivity index (χ4v) is 3.89. The van der Waals surface area contributed by atoms with Crippen molar-refractivity contribution in [2.75, 3.05) is 13.7 Å². The Morgan fingerprint density at radius 3 is 2.48 bits per heavy atom. The largest absolute Gasteiger partial charge is 0.496 e.